The van der Waals surface area contributed by atoms with Crippen LogP contribution < -0.4 is 5.73 Å². The molecule has 22 heavy (non-hydrogen) atoms. The minimum atomic E-state index is -0.612. The third kappa shape index (κ3) is 1.91. The number of para-hydroxylation sites is 1. The second-order valence-electron chi connectivity index (χ2n) is 4.83. The van der Waals surface area contributed by atoms with E-state index >= 15 is 0 Å². The van der Waals surface area contributed by atoms with E-state index < -0.39 is 5.97 Å². The number of nitriles is 1. The van der Waals surface area contributed by atoms with E-state index in [1.165, 1.54) is 17.9 Å². The van der Waals surface area contributed by atoms with E-state index in [-0.39, 0.29) is 16.9 Å². The molecule has 0 atom stereocenters. The van der Waals surface area contributed by atoms with Gasteiger partial charge in [-0.1, -0.05) is 12.1 Å². The van der Waals surface area contributed by atoms with E-state index in [9.17, 15) is 4.79 Å². The Morgan fingerprint density at radius 2 is 2.23 bits per heavy atom. The zero-order chi connectivity index (χ0) is 15.9. The molecule has 6 heteroatoms. The first kappa shape index (κ1) is 13.8. The lowest BCUT2D eigenvalue weighted by Gasteiger charge is -2.08. The number of furan rings is 1. The van der Waals surface area contributed by atoms with Crippen molar-refractivity contribution < 1.29 is 13.9 Å². The predicted molar refractivity (Wildman–Crippen MR) is 80.7 cm³/mol. The van der Waals surface area contributed by atoms with Crippen LogP contribution in [0.15, 0.2) is 34.9 Å². The summed E-state index contributed by atoms with van der Waals surface area (Å²) < 4.78 is 12.0. The Bertz CT molecular complexity index is 928. The molecule has 2 aromatic heterocycles. The maximum Gasteiger partial charge on any atom is 0.357 e. The molecule has 0 saturated carbocycles. The molecule has 1 aromatic carbocycles. The fourth-order valence-electron chi connectivity index (χ4n) is 2.47. The fourth-order valence-corrected chi connectivity index (χ4v) is 2.47. The number of carbonyl (C=O) groups is 1. The monoisotopic (exact) mass is 295 g/mol. The van der Waals surface area contributed by atoms with Crippen LogP contribution in [0.25, 0.3) is 16.7 Å². The van der Waals surface area contributed by atoms with Crippen LogP contribution in [0.1, 0.15) is 21.8 Å². The number of aryl methyl sites for hydroxylation is 1. The van der Waals surface area contributed by atoms with Crippen LogP contribution in [0.3, 0.4) is 0 Å². The molecule has 0 radical (unpaired) electrons. The van der Waals surface area contributed by atoms with Crippen molar-refractivity contribution in [2.75, 3.05) is 12.8 Å². The van der Waals surface area contributed by atoms with Gasteiger partial charge < -0.3 is 19.5 Å². The highest BCUT2D eigenvalue weighted by Crippen LogP contribution is 2.30. The Labute approximate surface area is 126 Å². The van der Waals surface area contributed by atoms with Gasteiger partial charge in [-0.2, -0.15) is 5.26 Å². The van der Waals surface area contributed by atoms with Gasteiger partial charge in [0.15, 0.2) is 11.3 Å². The van der Waals surface area contributed by atoms with Gasteiger partial charge in [0.1, 0.15) is 11.8 Å². The van der Waals surface area contributed by atoms with E-state index in [4.69, 9.17) is 20.1 Å². The highest BCUT2D eigenvalue weighted by atomic mass is 16.5. The fraction of sp³-hybridized carbons (Fsp3) is 0.125. The molecule has 0 saturated heterocycles. The van der Waals surface area contributed by atoms with Gasteiger partial charge in [0.25, 0.3) is 0 Å². The summed E-state index contributed by atoms with van der Waals surface area (Å²) in [6, 6.07) is 9.41. The first-order valence-electron chi connectivity index (χ1n) is 6.55. The Morgan fingerprint density at radius 1 is 1.45 bits per heavy atom. The van der Waals surface area contributed by atoms with E-state index in [1.54, 1.807) is 6.07 Å². The molecule has 3 aromatic rings. The maximum absolute atomic E-state index is 12.0. The third-order valence-corrected chi connectivity index (χ3v) is 3.45. The second-order valence-corrected chi connectivity index (χ2v) is 4.83. The largest absolute Gasteiger partial charge is 0.464 e. The number of fused-ring (bicyclic) bond motifs is 1. The highest BCUT2D eigenvalue weighted by Gasteiger charge is 2.23. The Balaban J connectivity index is 2.36. The lowest BCUT2D eigenvalue weighted by atomic mass is 10.2. The van der Waals surface area contributed by atoms with Gasteiger partial charge >= 0.3 is 5.97 Å². The number of anilines is 1. The van der Waals surface area contributed by atoms with Gasteiger partial charge in [-0.05, 0) is 19.1 Å². The van der Waals surface area contributed by atoms with Gasteiger partial charge in [0.2, 0.25) is 0 Å². The van der Waals surface area contributed by atoms with E-state index in [0.717, 1.165) is 11.1 Å². The number of esters is 1. The minimum Gasteiger partial charge on any atom is -0.464 e. The van der Waals surface area contributed by atoms with Crippen LogP contribution in [0.4, 0.5) is 5.69 Å². The number of carbonyl (C=O) groups excluding carboxylic acids is 1. The molecular formula is C16H13N3O3. The average Bonchev–Trinajstić information content (AvgIpc) is 3.05. The average molecular weight is 295 g/mol. The summed E-state index contributed by atoms with van der Waals surface area (Å²) in [5, 5.41) is 10.1. The predicted octanol–water partition coefficient (Wildman–Crippen LogP) is 2.77. The van der Waals surface area contributed by atoms with Crippen LogP contribution in [0.5, 0.6) is 0 Å². The first-order valence-corrected chi connectivity index (χ1v) is 6.55. The first-order chi connectivity index (χ1) is 10.6. The maximum atomic E-state index is 12.0. The number of ether oxygens (including phenoxy) is 1. The van der Waals surface area contributed by atoms with Gasteiger partial charge in [-0.3, -0.25) is 0 Å². The Morgan fingerprint density at radius 3 is 2.91 bits per heavy atom. The number of nitrogens with two attached hydrogens (primary N) is 1. The topological polar surface area (TPSA) is 94.2 Å². The number of hydrogen-bond donors (Lipinski definition) is 1. The molecule has 2 N–H and O–H groups in total. The molecule has 0 spiro atoms. The van der Waals surface area contributed by atoms with Crippen molar-refractivity contribution in [2.45, 2.75) is 6.92 Å². The molecule has 3 rings (SSSR count). The van der Waals surface area contributed by atoms with Crippen molar-refractivity contribution in [3.05, 3.63) is 47.5 Å². The van der Waals surface area contributed by atoms with Crippen LogP contribution in [0.2, 0.25) is 0 Å². The van der Waals surface area contributed by atoms with Crippen molar-refractivity contribution in [3.8, 4) is 11.8 Å². The molecule has 0 aliphatic rings. The molecular weight excluding hydrogens is 282 g/mol. The molecule has 2 heterocycles. The summed E-state index contributed by atoms with van der Waals surface area (Å²) in [6.45, 7) is 1.84. The van der Waals surface area contributed by atoms with Crippen LogP contribution >= 0.6 is 0 Å². The van der Waals surface area contributed by atoms with E-state index in [1.807, 2.05) is 31.2 Å². The number of hydrogen-bond acceptors (Lipinski definition) is 5. The summed E-state index contributed by atoms with van der Waals surface area (Å²) in [4.78, 5) is 12.0. The summed E-state index contributed by atoms with van der Waals surface area (Å²) >= 11 is 0. The lowest BCUT2D eigenvalue weighted by Crippen LogP contribution is -2.11. The smallest absolute Gasteiger partial charge is 0.357 e. The Hall–Kier alpha value is -3.20. The highest BCUT2D eigenvalue weighted by molar-refractivity contribution is 5.97. The van der Waals surface area contributed by atoms with Gasteiger partial charge in [0.05, 0.1) is 24.0 Å². The number of nitrogens with zero attached hydrogens (tertiary/aromatic N) is 2. The lowest BCUT2D eigenvalue weighted by molar-refractivity contribution is 0.0593. The van der Waals surface area contributed by atoms with E-state index in [2.05, 4.69) is 0 Å². The molecule has 0 amide bonds. The van der Waals surface area contributed by atoms with Gasteiger partial charge in [-0.15, -0.1) is 0 Å². The van der Waals surface area contributed by atoms with Crippen LogP contribution in [-0.4, -0.2) is 17.6 Å². The summed E-state index contributed by atoms with van der Waals surface area (Å²) in [7, 11) is 1.27. The molecule has 0 aliphatic heterocycles. The van der Waals surface area contributed by atoms with Crippen molar-refractivity contribution in [1.29, 1.82) is 5.26 Å². The molecule has 0 fully saturated rings. The summed E-state index contributed by atoms with van der Waals surface area (Å²) in [6.07, 6.45) is 1.51. The molecule has 0 bridgehead atoms. The number of nitrogen functional groups attached to an aromatic ring is 1. The van der Waals surface area contributed by atoms with Crippen LogP contribution in [0, 0.1) is 18.3 Å². The second kappa shape index (κ2) is 4.97. The Kier molecular flexibility index (Phi) is 3.11. The normalized spacial score (nSPS) is 10.6. The zero-order valence-corrected chi connectivity index (χ0v) is 12.1. The molecule has 0 aliphatic carbocycles. The van der Waals surface area contributed by atoms with Crippen LogP contribution in [-0.2, 0) is 4.74 Å². The van der Waals surface area contributed by atoms with Gasteiger partial charge in [-0.25, -0.2) is 4.79 Å². The quantitative estimate of drug-likeness (QED) is 0.733. The van der Waals surface area contributed by atoms with Crippen molar-refractivity contribution in [3.63, 3.8) is 0 Å². The number of methoxy groups -OCH3 is 1. The number of rotatable bonds is 2. The number of benzene rings is 1. The van der Waals surface area contributed by atoms with E-state index in [0.29, 0.717) is 11.3 Å². The zero-order valence-electron chi connectivity index (χ0n) is 12.1. The molecule has 6 nitrogen and oxygen atoms in total. The van der Waals surface area contributed by atoms with Crippen molar-refractivity contribution in [2.24, 2.45) is 0 Å². The third-order valence-electron chi connectivity index (χ3n) is 3.45. The SMILES string of the molecule is COC(=O)c1c(N)c(C#N)cn1-c1cccc2cc(C)oc12. The number of aromatic nitrogens is 1. The minimum absolute atomic E-state index is 0.0923. The van der Waals surface area contributed by atoms with Crippen molar-refractivity contribution in [1.82, 2.24) is 4.57 Å². The standard InChI is InChI=1S/C16H13N3O3/c1-9-6-10-4-3-5-12(15(10)22-9)19-8-11(7-17)13(18)14(19)16(20)21-2/h3-6,8H,18H2,1-2H3. The van der Waals surface area contributed by atoms with Crippen molar-refractivity contribution >= 4 is 22.6 Å². The molecule has 0 unspecified atom stereocenters. The summed E-state index contributed by atoms with van der Waals surface area (Å²) in [5.41, 5.74) is 7.56. The van der Waals surface area contributed by atoms with Gasteiger partial charge in [0, 0.05) is 11.6 Å². The summed E-state index contributed by atoms with van der Waals surface area (Å²) in [5.74, 6) is 0.141. The molecule has 110 valence electrons.